The second-order valence-corrected chi connectivity index (χ2v) is 7.36. The lowest BCUT2D eigenvalue weighted by Gasteiger charge is -2.35. The van der Waals surface area contributed by atoms with Gasteiger partial charge in [0.05, 0.1) is 22.2 Å². The number of anilines is 1. The molecule has 0 bridgehead atoms. The molecule has 1 saturated heterocycles. The molecule has 0 saturated carbocycles. The predicted octanol–water partition coefficient (Wildman–Crippen LogP) is 1.84. The molecule has 2 aromatic rings. The molecule has 26 heavy (non-hydrogen) atoms. The summed E-state index contributed by atoms with van der Waals surface area (Å²) >= 11 is 1.36. The zero-order valence-electron chi connectivity index (χ0n) is 14.5. The molecule has 2 amide bonds. The number of para-hydroxylation sites is 1. The molecule has 0 radical (unpaired) electrons. The van der Waals surface area contributed by atoms with E-state index in [2.05, 4.69) is 0 Å². The summed E-state index contributed by atoms with van der Waals surface area (Å²) in [5.74, 6) is -0.585. The second-order valence-electron chi connectivity index (χ2n) is 6.41. The summed E-state index contributed by atoms with van der Waals surface area (Å²) in [6.45, 7) is 0.566. The summed E-state index contributed by atoms with van der Waals surface area (Å²) in [5.41, 5.74) is 0.962. The fourth-order valence-electron chi connectivity index (χ4n) is 3.17. The minimum Gasteiger partial charge on any atom is -0.396 e. The SMILES string of the molecule is CN(C(=O)c1cccs1)c1ccccc1C(=O)N1CC[C@H](CO)[C@@H](O)C1. The number of β-amino-alcohol motifs (C(OH)–C–C–N with tert-alkyl or cyclic N) is 1. The Morgan fingerprint density at radius 1 is 1.27 bits per heavy atom. The minimum atomic E-state index is -0.740. The van der Waals surface area contributed by atoms with Crippen LogP contribution in [0.15, 0.2) is 41.8 Å². The summed E-state index contributed by atoms with van der Waals surface area (Å²) in [5, 5.41) is 21.2. The van der Waals surface area contributed by atoms with Crippen molar-refractivity contribution in [1.82, 2.24) is 4.90 Å². The molecule has 3 rings (SSSR count). The summed E-state index contributed by atoms with van der Waals surface area (Å²) in [4.78, 5) is 29.3. The Kier molecular flexibility index (Phi) is 5.70. The number of thiophene rings is 1. The number of likely N-dealkylation sites (tertiary alicyclic amines) is 1. The van der Waals surface area contributed by atoms with Crippen molar-refractivity contribution in [3.63, 3.8) is 0 Å². The Morgan fingerprint density at radius 3 is 2.69 bits per heavy atom. The van der Waals surface area contributed by atoms with E-state index in [1.165, 1.54) is 16.2 Å². The van der Waals surface area contributed by atoms with Crippen LogP contribution in [0, 0.1) is 5.92 Å². The Labute approximate surface area is 156 Å². The maximum Gasteiger partial charge on any atom is 0.268 e. The second kappa shape index (κ2) is 7.99. The van der Waals surface area contributed by atoms with Gasteiger partial charge in [0.1, 0.15) is 0 Å². The fourth-order valence-corrected chi connectivity index (χ4v) is 3.87. The molecule has 0 unspecified atom stereocenters. The van der Waals surface area contributed by atoms with Gasteiger partial charge in [0.25, 0.3) is 11.8 Å². The quantitative estimate of drug-likeness (QED) is 0.856. The zero-order chi connectivity index (χ0) is 18.7. The number of aliphatic hydroxyl groups is 2. The van der Waals surface area contributed by atoms with Crippen LogP contribution in [0.25, 0.3) is 0 Å². The number of carbonyl (C=O) groups excluding carboxylic acids is 2. The Bertz CT molecular complexity index is 778. The lowest BCUT2D eigenvalue weighted by molar-refractivity contribution is 0.000900. The number of nitrogens with zero attached hydrogens (tertiary/aromatic N) is 2. The third kappa shape index (κ3) is 3.65. The molecule has 0 aliphatic carbocycles. The molecule has 1 aromatic heterocycles. The first-order valence-electron chi connectivity index (χ1n) is 8.51. The Morgan fingerprint density at radius 2 is 2.04 bits per heavy atom. The van der Waals surface area contributed by atoms with Crippen LogP contribution in [0.3, 0.4) is 0 Å². The van der Waals surface area contributed by atoms with Crippen LogP contribution in [-0.2, 0) is 0 Å². The molecule has 138 valence electrons. The Hall–Kier alpha value is -2.22. The van der Waals surface area contributed by atoms with E-state index in [9.17, 15) is 19.8 Å². The maximum atomic E-state index is 13.0. The molecular formula is C19H22N2O4S. The highest BCUT2D eigenvalue weighted by atomic mass is 32.1. The van der Waals surface area contributed by atoms with Crippen molar-refractivity contribution in [2.45, 2.75) is 12.5 Å². The van der Waals surface area contributed by atoms with Crippen LogP contribution < -0.4 is 4.90 Å². The maximum absolute atomic E-state index is 13.0. The van der Waals surface area contributed by atoms with Gasteiger partial charge in [-0.3, -0.25) is 9.59 Å². The van der Waals surface area contributed by atoms with Crippen molar-refractivity contribution in [3.8, 4) is 0 Å². The zero-order valence-corrected chi connectivity index (χ0v) is 15.4. The Balaban J connectivity index is 1.83. The number of carbonyl (C=O) groups is 2. The van der Waals surface area contributed by atoms with E-state index in [1.807, 2.05) is 11.4 Å². The number of amides is 2. The molecule has 6 nitrogen and oxygen atoms in total. The number of hydrogen-bond donors (Lipinski definition) is 2. The van der Waals surface area contributed by atoms with Gasteiger partial charge in [-0.05, 0) is 30.0 Å². The van der Waals surface area contributed by atoms with Gasteiger partial charge >= 0.3 is 0 Å². The standard InChI is InChI=1S/C19H22N2O4S/c1-20(19(25)17-7-4-10-26-17)15-6-3-2-5-14(15)18(24)21-9-8-13(12-22)16(23)11-21/h2-7,10,13,16,22-23H,8-9,11-12H2,1H3/t13-,16+/m1/s1. The van der Waals surface area contributed by atoms with Gasteiger partial charge in [-0.15, -0.1) is 11.3 Å². The average molecular weight is 374 g/mol. The smallest absolute Gasteiger partial charge is 0.268 e. The van der Waals surface area contributed by atoms with Crippen LogP contribution in [0.4, 0.5) is 5.69 Å². The average Bonchev–Trinajstić information content (AvgIpc) is 3.21. The number of benzene rings is 1. The molecule has 1 fully saturated rings. The molecule has 2 N–H and O–H groups in total. The van der Waals surface area contributed by atoms with Crippen molar-refractivity contribution in [2.75, 3.05) is 31.6 Å². The van der Waals surface area contributed by atoms with Gasteiger partial charge in [0.15, 0.2) is 0 Å². The third-order valence-electron chi connectivity index (χ3n) is 4.78. The molecule has 2 atom stereocenters. The largest absolute Gasteiger partial charge is 0.396 e. The van der Waals surface area contributed by atoms with Crippen LogP contribution in [0.2, 0.25) is 0 Å². The van der Waals surface area contributed by atoms with Gasteiger partial charge in [0.2, 0.25) is 0 Å². The van der Waals surface area contributed by atoms with E-state index in [4.69, 9.17) is 0 Å². The van der Waals surface area contributed by atoms with E-state index in [0.717, 1.165) is 0 Å². The highest BCUT2D eigenvalue weighted by Crippen LogP contribution is 2.26. The van der Waals surface area contributed by atoms with Crippen molar-refractivity contribution < 1.29 is 19.8 Å². The van der Waals surface area contributed by atoms with Crippen molar-refractivity contribution in [2.24, 2.45) is 5.92 Å². The minimum absolute atomic E-state index is 0.0855. The van der Waals surface area contributed by atoms with E-state index in [-0.39, 0.29) is 30.9 Å². The van der Waals surface area contributed by atoms with Crippen molar-refractivity contribution >= 4 is 28.8 Å². The van der Waals surface area contributed by atoms with Crippen LogP contribution in [-0.4, -0.2) is 59.8 Å². The lowest BCUT2D eigenvalue weighted by Crippen LogP contribution is -2.47. The topological polar surface area (TPSA) is 81.1 Å². The molecule has 0 spiro atoms. The van der Waals surface area contributed by atoms with Crippen LogP contribution in [0.1, 0.15) is 26.5 Å². The first-order chi connectivity index (χ1) is 12.5. The number of piperidine rings is 1. The molecule has 7 heteroatoms. The molecule has 1 aliphatic rings. The summed E-state index contributed by atoms with van der Waals surface area (Å²) in [6.07, 6.45) is -0.189. The van der Waals surface area contributed by atoms with Gasteiger partial charge in [-0.1, -0.05) is 18.2 Å². The lowest BCUT2D eigenvalue weighted by atomic mass is 9.94. The first-order valence-corrected chi connectivity index (χ1v) is 9.39. The normalized spacial score (nSPS) is 20.0. The molecular weight excluding hydrogens is 352 g/mol. The van der Waals surface area contributed by atoms with E-state index in [1.54, 1.807) is 42.3 Å². The summed E-state index contributed by atoms with van der Waals surface area (Å²) in [6, 6.07) is 10.6. The van der Waals surface area contributed by atoms with Gasteiger partial charge in [-0.2, -0.15) is 0 Å². The number of aliphatic hydroxyl groups excluding tert-OH is 2. The molecule has 1 aliphatic heterocycles. The summed E-state index contributed by atoms with van der Waals surface area (Å²) in [7, 11) is 1.65. The monoisotopic (exact) mass is 374 g/mol. The van der Waals surface area contributed by atoms with Crippen molar-refractivity contribution in [3.05, 3.63) is 52.2 Å². The first kappa shape index (κ1) is 18.6. The highest BCUT2D eigenvalue weighted by molar-refractivity contribution is 7.12. The number of rotatable bonds is 4. The number of hydrogen-bond acceptors (Lipinski definition) is 5. The molecule has 2 heterocycles. The highest BCUT2D eigenvalue weighted by Gasteiger charge is 2.31. The summed E-state index contributed by atoms with van der Waals surface area (Å²) < 4.78 is 0. The molecule has 1 aromatic carbocycles. The van der Waals surface area contributed by atoms with Gasteiger partial charge in [-0.25, -0.2) is 0 Å². The predicted molar refractivity (Wildman–Crippen MR) is 101 cm³/mol. The van der Waals surface area contributed by atoms with Gasteiger partial charge < -0.3 is 20.0 Å². The van der Waals surface area contributed by atoms with Crippen LogP contribution in [0.5, 0.6) is 0 Å². The van der Waals surface area contributed by atoms with Crippen molar-refractivity contribution in [1.29, 1.82) is 0 Å². The van der Waals surface area contributed by atoms with E-state index >= 15 is 0 Å². The third-order valence-corrected chi connectivity index (χ3v) is 5.63. The van der Waals surface area contributed by atoms with E-state index in [0.29, 0.717) is 29.1 Å². The van der Waals surface area contributed by atoms with Crippen LogP contribution >= 0.6 is 11.3 Å². The fraction of sp³-hybridized carbons (Fsp3) is 0.368. The van der Waals surface area contributed by atoms with E-state index < -0.39 is 6.10 Å². The van der Waals surface area contributed by atoms with Gasteiger partial charge in [0, 0.05) is 32.7 Å².